The monoisotopic (exact) mass is 333 g/mol. The van der Waals surface area contributed by atoms with Gasteiger partial charge in [0, 0.05) is 35.0 Å². The molecule has 23 heavy (non-hydrogen) atoms. The van der Waals surface area contributed by atoms with Crippen LogP contribution in [0.3, 0.4) is 0 Å². The largest absolute Gasteiger partial charge is 0.497 e. The van der Waals surface area contributed by atoms with Gasteiger partial charge < -0.3 is 20.1 Å². The Morgan fingerprint density at radius 1 is 1.09 bits per heavy atom. The van der Waals surface area contributed by atoms with E-state index in [1.165, 1.54) is 9.75 Å². The zero-order valence-corrected chi connectivity index (χ0v) is 14.8. The van der Waals surface area contributed by atoms with E-state index in [4.69, 9.17) is 9.47 Å². The van der Waals surface area contributed by atoms with E-state index in [0.717, 1.165) is 29.6 Å². The van der Waals surface area contributed by atoms with Gasteiger partial charge in [-0.25, -0.2) is 0 Å². The number of hydrogen-bond donors (Lipinski definition) is 2. The maximum atomic E-state index is 5.41. The molecule has 5 nitrogen and oxygen atoms in total. The third kappa shape index (κ3) is 4.89. The molecule has 0 atom stereocenters. The van der Waals surface area contributed by atoms with Crippen molar-refractivity contribution in [3.8, 4) is 11.5 Å². The molecular formula is C17H23N3O2S. The first-order valence-corrected chi connectivity index (χ1v) is 8.18. The number of aryl methyl sites for hydroxylation is 1. The van der Waals surface area contributed by atoms with Crippen molar-refractivity contribution < 1.29 is 9.47 Å². The maximum absolute atomic E-state index is 5.41. The van der Waals surface area contributed by atoms with Crippen LogP contribution >= 0.6 is 11.3 Å². The van der Waals surface area contributed by atoms with Gasteiger partial charge in [-0.2, -0.15) is 0 Å². The number of ether oxygens (including phenoxy) is 2. The Morgan fingerprint density at radius 3 is 2.48 bits per heavy atom. The summed E-state index contributed by atoms with van der Waals surface area (Å²) in [6.07, 6.45) is 0. The van der Waals surface area contributed by atoms with E-state index < -0.39 is 0 Å². The lowest BCUT2D eigenvalue weighted by Gasteiger charge is -2.14. The first-order chi connectivity index (χ1) is 11.2. The summed E-state index contributed by atoms with van der Waals surface area (Å²) >= 11 is 1.79. The number of methoxy groups -OCH3 is 2. The molecule has 0 aliphatic rings. The highest BCUT2D eigenvalue weighted by molar-refractivity contribution is 7.11. The molecule has 0 aliphatic carbocycles. The van der Waals surface area contributed by atoms with Crippen molar-refractivity contribution in [3.63, 3.8) is 0 Å². The molecule has 2 aromatic rings. The Bertz CT molecular complexity index is 668. The van der Waals surface area contributed by atoms with E-state index >= 15 is 0 Å². The van der Waals surface area contributed by atoms with Crippen LogP contribution in [0.15, 0.2) is 35.3 Å². The fourth-order valence-corrected chi connectivity index (χ4v) is 2.98. The number of guanidine groups is 1. The summed E-state index contributed by atoms with van der Waals surface area (Å²) in [6.45, 7) is 3.49. The number of nitrogens with one attached hydrogen (secondary N) is 2. The molecule has 0 fully saturated rings. The Balaban J connectivity index is 1.92. The summed E-state index contributed by atoms with van der Waals surface area (Å²) in [5.41, 5.74) is 1.04. The van der Waals surface area contributed by atoms with Gasteiger partial charge in [-0.05, 0) is 31.2 Å². The minimum absolute atomic E-state index is 0.621. The van der Waals surface area contributed by atoms with E-state index in [1.54, 1.807) is 32.6 Å². The van der Waals surface area contributed by atoms with Gasteiger partial charge in [0.2, 0.25) is 0 Å². The van der Waals surface area contributed by atoms with Crippen molar-refractivity contribution in [2.24, 2.45) is 4.99 Å². The van der Waals surface area contributed by atoms with Crippen molar-refractivity contribution in [2.45, 2.75) is 20.0 Å². The molecule has 0 unspecified atom stereocenters. The Labute approximate surface area is 141 Å². The number of thiophene rings is 1. The molecule has 0 aliphatic heterocycles. The molecular weight excluding hydrogens is 310 g/mol. The van der Waals surface area contributed by atoms with E-state index in [-0.39, 0.29) is 0 Å². The van der Waals surface area contributed by atoms with Gasteiger partial charge in [-0.1, -0.05) is 0 Å². The predicted octanol–water partition coefficient (Wildman–Crippen LogP) is 2.94. The van der Waals surface area contributed by atoms with E-state index in [0.29, 0.717) is 6.54 Å². The van der Waals surface area contributed by atoms with Gasteiger partial charge in [0.1, 0.15) is 11.5 Å². The second-order valence-corrected chi connectivity index (χ2v) is 6.34. The lowest BCUT2D eigenvalue weighted by Crippen LogP contribution is -2.36. The second-order valence-electron chi connectivity index (χ2n) is 4.97. The minimum atomic E-state index is 0.621. The predicted molar refractivity (Wildman–Crippen MR) is 95.6 cm³/mol. The lowest BCUT2D eigenvalue weighted by atomic mass is 10.2. The maximum Gasteiger partial charge on any atom is 0.191 e. The van der Waals surface area contributed by atoms with Crippen LogP contribution in [0.4, 0.5) is 0 Å². The molecule has 0 amide bonds. The van der Waals surface area contributed by atoms with Crippen LogP contribution in [-0.4, -0.2) is 27.2 Å². The first-order valence-electron chi connectivity index (χ1n) is 7.37. The smallest absolute Gasteiger partial charge is 0.191 e. The van der Waals surface area contributed by atoms with E-state index in [1.807, 2.05) is 18.2 Å². The van der Waals surface area contributed by atoms with Gasteiger partial charge in [-0.3, -0.25) is 4.99 Å². The standard InChI is InChI=1S/C17H23N3O2S/c1-12-5-8-15(23-12)11-20-17(18-2)19-10-13-6-7-14(21-3)9-16(13)22-4/h5-9H,10-11H2,1-4H3,(H2,18,19,20). The van der Waals surface area contributed by atoms with Crippen LogP contribution in [-0.2, 0) is 13.1 Å². The average Bonchev–Trinajstić information content (AvgIpc) is 3.00. The second kappa shape index (κ2) is 8.43. The number of hydrogen-bond acceptors (Lipinski definition) is 4. The van der Waals surface area contributed by atoms with Crippen LogP contribution < -0.4 is 20.1 Å². The molecule has 0 radical (unpaired) electrons. The van der Waals surface area contributed by atoms with Crippen LogP contribution in [0, 0.1) is 6.92 Å². The van der Waals surface area contributed by atoms with Crippen molar-refractivity contribution in [1.29, 1.82) is 0 Å². The quantitative estimate of drug-likeness (QED) is 0.630. The molecule has 0 spiro atoms. The minimum Gasteiger partial charge on any atom is -0.497 e. The van der Waals surface area contributed by atoms with Crippen molar-refractivity contribution in [1.82, 2.24) is 10.6 Å². The van der Waals surface area contributed by atoms with Crippen LogP contribution in [0.25, 0.3) is 0 Å². The lowest BCUT2D eigenvalue weighted by molar-refractivity contribution is 0.390. The topological polar surface area (TPSA) is 54.9 Å². The highest BCUT2D eigenvalue weighted by Crippen LogP contribution is 2.24. The number of rotatable bonds is 6. The molecule has 2 N–H and O–H groups in total. The Hall–Kier alpha value is -2.21. The average molecular weight is 333 g/mol. The highest BCUT2D eigenvalue weighted by atomic mass is 32.1. The van der Waals surface area contributed by atoms with Crippen LogP contribution in [0.5, 0.6) is 11.5 Å². The molecule has 124 valence electrons. The number of benzene rings is 1. The van der Waals surface area contributed by atoms with Crippen molar-refractivity contribution >= 4 is 17.3 Å². The molecule has 0 bridgehead atoms. The Morgan fingerprint density at radius 2 is 1.87 bits per heavy atom. The molecule has 1 heterocycles. The summed E-state index contributed by atoms with van der Waals surface area (Å²) in [5.74, 6) is 2.33. The normalized spacial score (nSPS) is 11.2. The summed E-state index contributed by atoms with van der Waals surface area (Å²) in [4.78, 5) is 6.85. The third-order valence-electron chi connectivity index (χ3n) is 3.39. The number of aliphatic imine (C=N–C) groups is 1. The van der Waals surface area contributed by atoms with Gasteiger partial charge >= 0.3 is 0 Å². The summed E-state index contributed by atoms with van der Waals surface area (Å²) < 4.78 is 10.6. The van der Waals surface area contributed by atoms with Crippen LogP contribution in [0.1, 0.15) is 15.3 Å². The highest BCUT2D eigenvalue weighted by Gasteiger charge is 2.06. The van der Waals surface area contributed by atoms with Gasteiger partial charge in [0.05, 0.1) is 20.8 Å². The molecule has 0 saturated carbocycles. The zero-order chi connectivity index (χ0) is 16.7. The third-order valence-corrected chi connectivity index (χ3v) is 4.39. The summed E-state index contributed by atoms with van der Waals surface area (Å²) in [5, 5.41) is 6.61. The summed E-state index contributed by atoms with van der Waals surface area (Å²) in [7, 11) is 5.06. The van der Waals surface area contributed by atoms with E-state index in [9.17, 15) is 0 Å². The Kier molecular flexibility index (Phi) is 6.29. The first kappa shape index (κ1) is 17.1. The molecule has 6 heteroatoms. The van der Waals surface area contributed by atoms with Crippen molar-refractivity contribution in [2.75, 3.05) is 21.3 Å². The molecule has 1 aromatic carbocycles. The molecule has 0 saturated heterocycles. The molecule has 2 rings (SSSR count). The fraction of sp³-hybridized carbons (Fsp3) is 0.353. The van der Waals surface area contributed by atoms with Gasteiger partial charge in [0.15, 0.2) is 5.96 Å². The fourth-order valence-electron chi connectivity index (χ4n) is 2.15. The molecule has 1 aromatic heterocycles. The van der Waals surface area contributed by atoms with Crippen molar-refractivity contribution in [3.05, 3.63) is 45.6 Å². The SMILES string of the molecule is CN=C(NCc1ccc(C)s1)NCc1ccc(OC)cc1OC. The van der Waals surface area contributed by atoms with Gasteiger partial charge in [-0.15, -0.1) is 11.3 Å². The van der Waals surface area contributed by atoms with E-state index in [2.05, 4.69) is 34.7 Å². The number of nitrogens with zero attached hydrogens (tertiary/aromatic N) is 1. The summed E-state index contributed by atoms with van der Waals surface area (Å²) in [6, 6.07) is 10.0. The van der Waals surface area contributed by atoms with Gasteiger partial charge in [0.25, 0.3) is 0 Å². The van der Waals surface area contributed by atoms with Crippen LogP contribution in [0.2, 0.25) is 0 Å². The zero-order valence-electron chi connectivity index (χ0n) is 14.0.